The summed E-state index contributed by atoms with van der Waals surface area (Å²) in [6.07, 6.45) is 1.20. The number of hydrogen-bond donors (Lipinski definition) is 1. The van der Waals surface area contributed by atoms with Gasteiger partial charge in [-0.25, -0.2) is 0 Å². The van der Waals surface area contributed by atoms with Gasteiger partial charge in [0, 0.05) is 31.7 Å². The Balaban J connectivity index is 2.02. The molecule has 0 bridgehead atoms. The van der Waals surface area contributed by atoms with Crippen LogP contribution in [0.15, 0.2) is 24.3 Å². The summed E-state index contributed by atoms with van der Waals surface area (Å²) in [6.45, 7) is 7.77. The van der Waals surface area contributed by atoms with E-state index in [9.17, 15) is 0 Å². The third-order valence-corrected chi connectivity index (χ3v) is 3.79. The fraction of sp³-hybridized carbons (Fsp3) is 0.600. The molecule has 3 nitrogen and oxygen atoms in total. The molecule has 0 aliphatic carbocycles. The van der Waals surface area contributed by atoms with Gasteiger partial charge in [0.15, 0.2) is 0 Å². The minimum absolute atomic E-state index is 0.596. The first-order valence-corrected chi connectivity index (χ1v) is 6.83. The highest BCUT2D eigenvalue weighted by Crippen LogP contribution is 2.17. The van der Waals surface area contributed by atoms with Crippen molar-refractivity contribution in [2.24, 2.45) is 0 Å². The van der Waals surface area contributed by atoms with E-state index in [1.54, 1.807) is 7.11 Å². The normalized spacial score (nSPS) is 25.1. The lowest BCUT2D eigenvalue weighted by molar-refractivity contribution is 0.131. The Labute approximate surface area is 110 Å². The molecule has 18 heavy (non-hydrogen) atoms. The summed E-state index contributed by atoms with van der Waals surface area (Å²) in [5.41, 5.74) is 1.33. The maximum absolute atomic E-state index is 5.28. The van der Waals surface area contributed by atoms with Crippen molar-refractivity contribution in [2.45, 2.75) is 38.9 Å². The molecule has 0 radical (unpaired) electrons. The topological polar surface area (TPSA) is 24.5 Å². The first-order valence-electron chi connectivity index (χ1n) is 6.83. The van der Waals surface area contributed by atoms with E-state index in [0.717, 1.165) is 25.4 Å². The summed E-state index contributed by atoms with van der Waals surface area (Å²) in [7, 11) is 1.72. The molecular formula is C15H24N2O. The van der Waals surface area contributed by atoms with Gasteiger partial charge in [0.2, 0.25) is 0 Å². The molecule has 100 valence electrons. The van der Waals surface area contributed by atoms with Crippen molar-refractivity contribution in [3.63, 3.8) is 0 Å². The van der Waals surface area contributed by atoms with Gasteiger partial charge in [-0.15, -0.1) is 0 Å². The molecular weight excluding hydrogens is 224 g/mol. The minimum atomic E-state index is 0.596. The van der Waals surface area contributed by atoms with Crippen molar-refractivity contribution in [3.8, 4) is 5.75 Å². The van der Waals surface area contributed by atoms with E-state index >= 15 is 0 Å². The SMILES string of the molecule is CCC1CN(Cc2cccc(OC)c2)C(C)CN1. The first kappa shape index (κ1) is 13.4. The van der Waals surface area contributed by atoms with E-state index in [2.05, 4.69) is 42.3 Å². The number of hydrogen-bond acceptors (Lipinski definition) is 3. The van der Waals surface area contributed by atoms with Crippen LogP contribution >= 0.6 is 0 Å². The van der Waals surface area contributed by atoms with Crippen molar-refractivity contribution in [1.82, 2.24) is 10.2 Å². The Kier molecular flexibility index (Phi) is 4.61. The highest BCUT2D eigenvalue weighted by atomic mass is 16.5. The van der Waals surface area contributed by atoms with Crippen LogP contribution in [-0.4, -0.2) is 37.2 Å². The maximum atomic E-state index is 5.28. The summed E-state index contributed by atoms with van der Waals surface area (Å²) in [4.78, 5) is 2.55. The molecule has 0 aromatic heterocycles. The molecule has 2 unspecified atom stereocenters. The van der Waals surface area contributed by atoms with Crippen LogP contribution in [0.25, 0.3) is 0 Å². The molecule has 0 spiro atoms. The lowest BCUT2D eigenvalue weighted by Gasteiger charge is -2.38. The molecule has 3 heteroatoms. The maximum Gasteiger partial charge on any atom is 0.119 e. The molecule has 1 aromatic carbocycles. The van der Waals surface area contributed by atoms with Crippen LogP contribution in [0.2, 0.25) is 0 Å². The van der Waals surface area contributed by atoms with Crippen LogP contribution < -0.4 is 10.1 Å². The number of nitrogens with zero attached hydrogens (tertiary/aromatic N) is 1. The van der Waals surface area contributed by atoms with Gasteiger partial charge in [0.1, 0.15) is 5.75 Å². The first-order chi connectivity index (χ1) is 8.72. The summed E-state index contributed by atoms with van der Waals surface area (Å²) >= 11 is 0. The second kappa shape index (κ2) is 6.21. The molecule has 1 aliphatic heterocycles. The van der Waals surface area contributed by atoms with Crippen molar-refractivity contribution >= 4 is 0 Å². The van der Waals surface area contributed by atoms with Crippen LogP contribution in [0, 0.1) is 0 Å². The van der Waals surface area contributed by atoms with E-state index in [1.165, 1.54) is 12.0 Å². The summed E-state index contributed by atoms with van der Waals surface area (Å²) < 4.78 is 5.28. The Hall–Kier alpha value is -1.06. The van der Waals surface area contributed by atoms with Gasteiger partial charge in [-0.05, 0) is 31.0 Å². The van der Waals surface area contributed by atoms with Gasteiger partial charge in [-0.1, -0.05) is 19.1 Å². The Morgan fingerprint density at radius 3 is 3.00 bits per heavy atom. The molecule has 0 saturated carbocycles. The average Bonchev–Trinajstić information content (AvgIpc) is 2.41. The Morgan fingerprint density at radius 1 is 1.44 bits per heavy atom. The van der Waals surface area contributed by atoms with Crippen molar-refractivity contribution < 1.29 is 4.74 Å². The van der Waals surface area contributed by atoms with E-state index < -0.39 is 0 Å². The molecule has 1 N–H and O–H groups in total. The van der Waals surface area contributed by atoms with Crippen LogP contribution in [0.3, 0.4) is 0 Å². The second-order valence-electron chi connectivity index (χ2n) is 5.14. The molecule has 1 fully saturated rings. The predicted octanol–water partition coefficient (Wildman–Crippen LogP) is 2.27. The third kappa shape index (κ3) is 3.24. The zero-order valence-electron chi connectivity index (χ0n) is 11.6. The summed E-state index contributed by atoms with van der Waals surface area (Å²) in [5.74, 6) is 0.947. The molecule has 1 aliphatic rings. The largest absolute Gasteiger partial charge is 0.497 e. The van der Waals surface area contributed by atoms with E-state index in [0.29, 0.717) is 12.1 Å². The van der Waals surface area contributed by atoms with Crippen molar-refractivity contribution in [1.29, 1.82) is 0 Å². The molecule has 0 amide bonds. The summed E-state index contributed by atoms with van der Waals surface area (Å²) in [6, 6.07) is 9.61. The highest BCUT2D eigenvalue weighted by molar-refractivity contribution is 5.28. The smallest absolute Gasteiger partial charge is 0.119 e. The molecule has 1 heterocycles. The predicted molar refractivity (Wildman–Crippen MR) is 74.9 cm³/mol. The monoisotopic (exact) mass is 248 g/mol. The van der Waals surface area contributed by atoms with Gasteiger partial charge in [0.05, 0.1) is 7.11 Å². The van der Waals surface area contributed by atoms with Crippen LogP contribution in [0.1, 0.15) is 25.8 Å². The number of rotatable bonds is 4. The lowest BCUT2D eigenvalue weighted by Crippen LogP contribution is -2.54. The molecule has 1 saturated heterocycles. The number of benzene rings is 1. The van der Waals surface area contributed by atoms with E-state index in [4.69, 9.17) is 4.74 Å². The number of nitrogens with one attached hydrogen (secondary N) is 1. The average molecular weight is 248 g/mol. The Bertz CT molecular complexity index is 381. The number of methoxy groups -OCH3 is 1. The highest BCUT2D eigenvalue weighted by Gasteiger charge is 2.23. The molecule has 1 aromatic rings. The molecule has 2 rings (SSSR count). The van der Waals surface area contributed by atoms with Gasteiger partial charge < -0.3 is 10.1 Å². The van der Waals surface area contributed by atoms with Crippen molar-refractivity contribution in [3.05, 3.63) is 29.8 Å². The second-order valence-corrected chi connectivity index (χ2v) is 5.14. The van der Waals surface area contributed by atoms with E-state index in [-0.39, 0.29) is 0 Å². The summed E-state index contributed by atoms with van der Waals surface area (Å²) in [5, 5.41) is 3.59. The van der Waals surface area contributed by atoms with Crippen LogP contribution in [0.4, 0.5) is 0 Å². The quantitative estimate of drug-likeness (QED) is 0.884. The Morgan fingerprint density at radius 2 is 2.28 bits per heavy atom. The zero-order chi connectivity index (χ0) is 13.0. The lowest BCUT2D eigenvalue weighted by atomic mass is 10.1. The minimum Gasteiger partial charge on any atom is -0.497 e. The zero-order valence-corrected chi connectivity index (χ0v) is 11.6. The fourth-order valence-corrected chi connectivity index (χ4v) is 2.49. The van der Waals surface area contributed by atoms with E-state index in [1.807, 2.05) is 6.07 Å². The van der Waals surface area contributed by atoms with Gasteiger partial charge >= 0.3 is 0 Å². The number of ether oxygens (including phenoxy) is 1. The number of piperazine rings is 1. The van der Waals surface area contributed by atoms with Gasteiger partial charge in [0.25, 0.3) is 0 Å². The van der Waals surface area contributed by atoms with Crippen LogP contribution in [0.5, 0.6) is 5.75 Å². The van der Waals surface area contributed by atoms with Gasteiger partial charge in [-0.3, -0.25) is 4.90 Å². The standard InChI is InChI=1S/C15H24N2O/c1-4-14-11-17(12(2)9-16-14)10-13-6-5-7-15(8-13)18-3/h5-8,12,14,16H,4,9-11H2,1-3H3. The van der Waals surface area contributed by atoms with Crippen LogP contribution in [-0.2, 0) is 6.54 Å². The van der Waals surface area contributed by atoms with Crippen molar-refractivity contribution in [2.75, 3.05) is 20.2 Å². The third-order valence-electron chi connectivity index (χ3n) is 3.79. The van der Waals surface area contributed by atoms with Gasteiger partial charge in [-0.2, -0.15) is 0 Å². The molecule has 2 atom stereocenters. The fourth-order valence-electron chi connectivity index (χ4n) is 2.49.